The summed E-state index contributed by atoms with van der Waals surface area (Å²) < 4.78 is 14.8. The Labute approximate surface area is 69.2 Å². The number of hydrogen-bond donors (Lipinski definition) is 2. The van der Waals surface area contributed by atoms with Crippen LogP contribution < -0.4 is 5.73 Å². The summed E-state index contributed by atoms with van der Waals surface area (Å²) in [5.74, 6) is -2.23. The minimum Gasteiger partial charge on any atom is -0.386 e. The van der Waals surface area contributed by atoms with Crippen LogP contribution in [0.15, 0.2) is 0 Å². The maximum absolute atomic E-state index is 10.8. The summed E-state index contributed by atoms with van der Waals surface area (Å²) in [6.45, 7) is 0.865. The van der Waals surface area contributed by atoms with E-state index >= 15 is 0 Å². The summed E-state index contributed by atoms with van der Waals surface area (Å²) in [6.07, 6.45) is -0.341. The monoisotopic (exact) mass is 195 g/mol. The van der Waals surface area contributed by atoms with Gasteiger partial charge in [-0.1, -0.05) is 0 Å². The molecule has 1 atom stereocenters. The molecule has 0 spiro atoms. The lowest BCUT2D eigenvalue weighted by atomic mass is 10.5. The number of Topliss-reactive ketones (excluding diaryl/α,β-unsaturated/α-hetero) is 1. The predicted molar refractivity (Wildman–Crippen MR) is 40.5 cm³/mol. The molecule has 0 heterocycles. The maximum atomic E-state index is 10.8. The molecule has 0 aromatic carbocycles. The summed E-state index contributed by atoms with van der Waals surface area (Å²) in [5, 5.41) is 0. The molecule has 0 fully saturated rings. The average Bonchev–Trinajstić information content (AvgIpc) is 1.85. The Kier molecular flexibility index (Phi) is 4.09. The van der Waals surface area contributed by atoms with Crippen LogP contribution in [0.3, 0.4) is 0 Å². The Bertz CT molecular complexity index is 238. The summed E-state index contributed by atoms with van der Waals surface area (Å²) >= 11 is 0. The average molecular weight is 195 g/mol. The lowest BCUT2D eigenvalue weighted by molar-refractivity contribution is -0.146. The van der Waals surface area contributed by atoms with Crippen LogP contribution in [0.1, 0.15) is 6.92 Å². The number of nitrogens with two attached hydrogens (primary N) is 1. The van der Waals surface area contributed by atoms with Gasteiger partial charge in [0.1, 0.15) is 0 Å². The van der Waals surface area contributed by atoms with Crippen molar-refractivity contribution in [2.75, 3.05) is 12.7 Å². The normalized spacial score (nSPS) is 14.9. The van der Waals surface area contributed by atoms with Crippen LogP contribution in [0.5, 0.6) is 0 Å². The fourth-order valence-corrected chi connectivity index (χ4v) is 1.21. The second kappa shape index (κ2) is 4.35. The molecule has 0 aromatic heterocycles. The number of carbonyl (C=O) groups excluding carboxylic acids is 2. The molecule has 0 saturated carbocycles. The first kappa shape index (κ1) is 11.3. The second-order valence-electron chi connectivity index (χ2n) is 2.08. The molecule has 12 heavy (non-hydrogen) atoms. The fraction of sp³-hybridized carbons (Fsp3) is 0.600. The summed E-state index contributed by atoms with van der Waals surface area (Å²) in [7, 11) is -4.00. The largest absolute Gasteiger partial charge is 0.386 e. The first-order chi connectivity index (χ1) is 5.39. The van der Waals surface area contributed by atoms with Crippen molar-refractivity contribution in [1.82, 2.24) is 0 Å². The zero-order valence-corrected chi connectivity index (χ0v) is 7.41. The smallest absolute Gasteiger partial charge is 0.380 e. The molecule has 1 unspecified atom stereocenters. The van der Waals surface area contributed by atoms with Crippen molar-refractivity contribution in [1.29, 1.82) is 0 Å². The highest BCUT2D eigenvalue weighted by atomic mass is 31.2. The molecule has 70 valence electrons. The molecule has 7 heteroatoms. The van der Waals surface area contributed by atoms with E-state index in [1.54, 1.807) is 0 Å². The van der Waals surface area contributed by atoms with E-state index in [4.69, 9.17) is 10.6 Å². The van der Waals surface area contributed by atoms with Crippen molar-refractivity contribution < 1.29 is 23.6 Å². The zero-order chi connectivity index (χ0) is 9.78. The van der Waals surface area contributed by atoms with Gasteiger partial charge in [-0.2, -0.15) is 0 Å². The fourth-order valence-electron chi connectivity index (χ4n) is 0.403. The van der Waals surface area contributed by atoms with Gasteiger partial charge in [-0.3, -0.25) is 4.79 Å². The van der Waals surface area contributed by atoms with Crippen LogP contribution in [0.2, 0.25) is 0 Å². The Morgan fingerprint density at radius 1 is 1.58 bits per heavy atom. The van der Waals surface area contributed by atoms with E-state index in [0.29, 0.717) is 0 Å². The molecule has 0 aliphatic heterocycles. The lowest BCUT2D eigenvalue weighted by Gasteiger charge is -2.08. The number of rotatable bonds is 4. The van der Waals surface area contributed by atoms with Crippen molar-refractivity contribution in [3.05, 3.63) is 0 Å². The summed E-state index contributed by atoms with van der Waals surface area (Å²) in [4.78, 5) is 29.6. The van der Waals surface area contributed by atoms with E-state index < -0.39 is 19.3 Å². The van der Waals surface area contributed by atoms with Crippen molar-refractivity contribution in [2.24, 2.45) is 5.73 Å². The maximum Gasteiger partial charge on any atom is 0.380 e. The quantitative estimate of drug-likeness (QED) is 0.452. The molecule has 0 radical (unpaired) electrons. The summed E-state index contributed by atoms with van der Waals surface area (Å²) in [5.41, 5.74) is 4.96. The Hall–Kier alpha value is -0.710. The third-order valence-electron chi connectivity index (χ3n) is 0.925. The molecule has 0 saturated heterocycles. The van der Waals surface area contributed by atoms with Crippen LogP contribution in [-0.2, 0) is 18.7 Å². The molecule has 3 N–H and O–H groups in total. The van der Waals surface area contributed by atoms with Crippen LogP contribution >= 0.6 is 7.60 Å². The van der Waals surface area contributed by atoms with Gasteiger partial charge in [-0.25, -0.2) is 9.36 Å². The highest BCUT2D eigenvalue weighted by Gasteiger charge is 2.24. The minimum absolute atomic E-state index is 0.0844. The van der Waals surface area contributed by atoms with Crippen molar-refractivity contribution in [2.45, 2.75) is 6.92 Å². The number of carbonyl (C=O) groups is 2. The molecular formula is C5H10NO5P. The van der Waals surface area contributed by atoms with E-state index in [2.05, 4.69) is 4.52 Å². The first-order valence-corrected chi connectivity index (χ1v) is 4.91. The van der Waals surface area contributed by atoms with Gasteiger partial charge in [0.2, 0.25) is 5.78 Å². The van der Waals surface area contributed by atoms with Gasteiger partial charge in [-0.05, 0) is 0 Å². The van der Waals surface area contributed by atoms with E-state index in [9.17, 15) is 14.2 Å². The number of ketones is 1. The zero-order valence-electron chi connectivity index (χ0n) is 6.52. The third-order valence-corrected chi connectivity index (χ3v) is 2.20. The highest BCUT2D eigenvalue weighted by Crippen LogP contribution is 2.40. The van der Waals surface area contributed by atoms with Crippen molar-refractivity contribution in [3.8, 4) is 0 Å². The standard InChI is InChI=1S/C5H10NO5P/c1-4(7)5(8)11-12(9,10)3-2-6/h2-3,6H2,1H3,(H,9,10). The van der Waals surface area contributed by atoms with E-state index in [0.717, 1.165) is 6.92 Å². The minimum atomic E-state index is -4.00. The Morgan fingerprint density at radius 2 is 2.08 bits per heavy atom. The molecule has 0 aliphatic rings. The van der Waals surface area contributed by atoms with Gasteiger partial charge in [0, 0.05) is 13.5 Å². The van der Waals surface area contributed by atoms with E-state index in [1.165, 1.54) is 0 Å². The molecule has 6 nitrogen and oxygen atoms in total. The van der Waals surface area contributed by atoms with Gasteiger partial charge in [0.05, 0.1) is 6.16 Å². The highest BCUT2D eigenvalue weighted by molar-refractivity contribution is 7.53. The van der Waals surface area contributed by atoms with Gasteiger partial charge in [-0.15, -0.1) is 0 Å². The van der Waals surface area contributed by atoms with Gasteiger partial charge in [0.25, 0.3) is 0 Å². The second-order valence-corrected chi connectivity index (χ2v) is 3.99. The Balaban J connectivity index is 4.15. The Morgan fingerprint density at radius 3 is 2.42 bits per heavy atom. The van der Waals surface area contributed by atoms with Crippen LogP contribution in [0.25, 0.3) is 0 Å². The van der Waals surface area contributed by atoms with Crippen LogP contribution in [0.4, 0.5) is 0 Å². The van der Waals surface area contributed by atoms with Crippen molar-refractivity contribution >= 4 is 19.3 Å². The molecule has 0 bridgehead atoms. The molecule has 0 aromatic rings. The van der Waals surface area contributed by atoms with Gasteiger partial charge in [0.15, 0.2) is 0 Å². The van der Waals surface area contributed by atoms with Crippen molar-refractivity contribution in [3.63, 3.8) is 0 Å². The molecule has 0 aliphatic carbocycles. The SMILES string of the molecule is CC(=O)C(=O)OP(=O)(O)CCN. The van der Waals surface area contributed by atoms with Gasteiger partial charge < -0.3 is 15.2 Å². The van der Waals surface area contributed by atoms with E-state index in [1.807, 2.05) is 0 Å². The topological polar surface area (TPSA) is 107 Å². The third kappa shape index (κ3) is 4.23. The molecule has 0 rings (SSSR count). The summed E-state index contributed by atoms with van der Waals surface area (Å²) in [6, 6.07) is 0. The molecule has 0 amide bonds. The lowest BCUT2D eigenvalue weighted by Crippen LogP contribution is -2.15. The van der Waals surface area contributed by atoms with Gasteiger partial charge >= 0.3 is 13.6 Å². The van der Waals surface area contributed by atoms with E-state index in [-0.39, 0.29) is 12.7 Å². The van der Waals surface area contributed by atoms with Crippen LogP contribution in [0, 0.1) is 0 Å². The van der Waals surface area contributed by atoms with Crippen LogP contribution in [-0.4, -0.2) is 29.4 Å². The number of hydrogen-bond acceptors (Lipinski definition) is 5. The first-order valence-electron chi connectivity index (χ1n) is 3.15. The molecular weight excluding hydrogens is 185 g/mol. The predicted octanol–water partition coefficient (Wildman–Crippen LogP) is -0.737.